The van der Waals surface area contributed by atoms with Gasteiger partial charge in [0.05, 0.1) is 6.10 Å². The van der Waals surface area contributed by atoms with Gasteiger partial charge in [-0.1, -0.05) is 18.6 Å². The van der Waals surface area contributed by atoms with Crippen LogP contribution in [0.5, 0.6) is 0 Å². The highest BCUT2D eigenvalue weighted by Gasteiger charge is 2.04. The van der Waals surface area contributed by atoms with Crippen molar-refractivity contribution in [2.24, 2.45) is 5.92 Å². The second-order valence-corrected chi connectivity index (χ2v) is 4.05. The minimum absolute atomic E-state index is 0.147. The Balaban J connectivity index is 3.44. The minimum atomic E-state index is -0.147. The van der Waals surface area contributed by atoms with Crippen molar-refractivity contribution in [2.45, 2.75) is 53.1 Å². The predicted octanol–water partition coefficient (Wildman–Crippen LogP) is 3.14. The van der Waals surface area contributed by atoms with Crippen LogP contribution in [0, 0.1) is 5.92 Å². The van der Waals surface area contributed by atoms with Crippen LogP contribution in [-0.4, -0.2) is 11.2 Å². The zero-order chi connectivity index (χ0) is 9.56. The number of allylic oxidation sites excluding steroid dienone is 2. The summed E-state index contributed by atoms with van der Waals surface area (Å²) in [5.74, 6) is 0.639. The van der Waals surface area contributed by atoms with Crippen LogP contribution >= 0.6 is 0 Å². The van der Waals surface area contributed by atoms with Crippen molar-refractivity contribution in [3.63, 3.8) is 0 Å². The van der Waals surface area contributed by atoms with Gasteiger partial charge in [-0.3, -0.25) is 0 Å². The Labute approximate surface area is 76.5 Å². The highest BCUT2D eigenvalue weighted by Crippen LogP contribution is 2.13. The Kier molecular flexibility index (Phi) is 6.09. The summed E-state index contributed by atoms with van der Waals surface area (Å²) in [5.41, 5.74) is 1.39. The molecule has 0 fully saturated rings. The lowest BCUT2D eigenvalue weighted by Crippen LogP contribution is -2.06. The van der Waals surface area contributed by atoms with Gasteiger partial charge in [-0.05, 0) is 46.0 Å². The van der Waals surface area contributed by atoms with E-state index in [9.17, 15) is 0 Å². The van der Waals surface area contributed by atoms with Crippen LogP contribution in [0.4, 0.5) is 0 Å². The Morgan fingerprint density at radius 3 is 2.33 bits per heavy atom. The third-order valence-electron chi connectivity index (χ3n) is 1.96. The van der Waals surface area contributed by atoms with E-state index in [-0.39, 0.29) is 6.10 Å². The lowest BCUT2D eigenvalue weighted by Gasteiger charge is -2.11. The van der Waals surface area contributed by atoms with Crippen LogP contribution in [0.25, 0.3) is 0 Å². The molecule has 0 bridgehead atoms. The van der Waals surface area contributed by atoms with Gasteiger partial charge in [0.15, 0.2) is 0 Å². The number of rotatable bonds is 5. The molecule has 0 rings (SSSR count). The van der Waals surface area contributed by atoms with E-state index >= 15 is 0 Å². The summed E-state index contributed by atoms with van der Waals surface area (Å²) in [4.78, 5) is 0. The van der Waals surface area contributed by atoms with Crippen LogP contribution in [0.1, 0.15) is 47.0 Å². The molecule has 1 nitrogen and oxygen atoms in total. The van der Waals surface area contributed by atoms with Crippen LogP contribution < -0.4 is 0 Å². The molecule has 0 radical (unpaired) electrons. The topological polar surface area (TPSA) is 20.2 Å². The number of aliphatic hydroxyl groups is 1. The first-order valence-electron chi connectivity index (χ1n) is 4.83. The molecule has 0 aliphatic carbocycles. The normalized spacial score (nSPS) is 15.4. The molecule has 0 aliphatic heterocycles. The van der Waals surface area contributed by atoms with E-state index in [4.69, 9.17) is 5.11 Å². The largest absolute Gasteiger partial charge is 0.393 e. The van der Waals surface area contributed by atoms with Crippen molar-refractivity contribution in [1.82, 2.24) is 0 Å². The van der Waals surface area contributed by atoms with Crippen LogP contribution in [-0.2, 0) is 0 Å². The first-order chi connectivity index (χ1) is 5.52. The van der Waals surface area contributed by atoms with Crippen molar-refractivity contribution in [3.8, 4) is 0 Å². The van der Waals surface area contributed by atoms with E-state index in [1.54, 1.807) is 0 Å². The summed E-state index contributed by atoms with van der Waals surface area (Å²) in [5, 5.41) is 9.12. The molecule has 0 heterocycles. The van der Waals surface area contributed by atoms with Crippen LogP contribution in [0.3, 0.4) is 0 Å². The lowest BCUT2D eigenvalue weighted by molar-refractivity contribution is 0.162. The molecule has 0 aromatic rings. The van der Waals surface area contributed by atoms with Gasteiger partial charge in [0.1, 0.15) is 0 Å². The standard InChI is InChI=1S/C11H22O/c1-9(2)6-5-7-10(3)8-11(4)12/h6,10-12H,5,7-8H2,1-4H3/t10-,11+/m1/s1. The average Bonchev–Trinajstić information content (AvgIpc) is 1.84. The monoisotopic (exact) mass is 170 g/mol. The van der Waals surface area contributed by atoms with Crippen LogP contribution in [0.15, 0.2) is 11.6 Å². The fourth-order valence-corrected chi connectivity index (χ4v) is 1.36. The molecule has 0 aliphatic rings. The van der Waals surface area contributed by atoms with Gasteiger partial charge in [0, 0.05) is 0 Å². The van der Waals surface area contributed by atoms with E-state index in [0.29, 0.717) is 5.92 Å². The first-order valence-corrected chi connectivity index (χ1v) is 4.83. The van der Waals surface area contributed by atoms with Gasteiger partial charge in [0.2, 0.25) is 0 Å². The fraction of sp³-hybridized carbons (Fsp3) is 0.818. The summed E-state index contributed by atoms with van der Waals surface area (Å²) in [7, 11) is 0. The fourth-order valence-electron chi connectivity index (χ4n) is 1.36. The molecule has 0 aromatic carbocycles. The predicted molar refractivity (Wildman–Crippen MR) is 54.1 cm³/mol. The second kappa shape index (κ2) is 6.24. The molecule has 0 aromatic heterocycles. The van der Waals surface area contributed by atoms with Gasteiger partial charge in [-0.2, -0.15) is 0 Å². The van der Waals surface area contributed by atoms with E-state index < -0.39 is 0 Å². The van der Waals surface area contributed by atoms with Gasteiger partial charge < -0.3 is 5.11 Å². The maximum atomic E-state index is 9.12. The van der Waals surface area contributed by atoms with Crippen molar-refractivity contribution in [3.05, 3.63) is 11.6 Å². The molecule has 0 spiro atoms. The van der Waals surface area contributed by atoms with Crippen molar-refractivity contribution in [1.29, 1.82) is 0 Å². The summed E-state index contributed by atoms with van der Waals surface area (Å²) < 4.78 is 0. The second-order valence-electron chi connectivity index (χ2n) is 4.05. The molecule has 2 atom stereocenters. The summed E-state index contributed by atoms with van der Waals surface area (Å²) >= 11 is 0. The van der Waals surface area contributed by atoms with E-state index in [2.05, 4.69) is 26.8 Å². The number of aliphatic hydroxyl groups excluding tert-OH is 1. The maximum Gasteiger partial charge on any atom is 0.0514 e. The van der Waals surface area contributed by atoms with Gasteiger partial charge >= 0.3 is 0 Å². The molecule has 12 heavy (non-hydrogen) atoms. The van der Waals surface area contributed by atoms with Crippen molar-refractivity contribution >= 4 is 0 Å². The number of hydrogen-bond donors (Lipinski definition) is 1. The van der Waals surface area contributed by atoms with Gasteiger partial charge in [-0.25, -0.2) is 0 Å². The van der Waals surface area contributed by atoms with E-state index in [1.165, 1.54) is 12.0 Å². The Morgan fingerprint density at radius 1 is 1.33 bits per heavy atom. The smallest absolute Gasteiger partial charge is 0.0514 e. The molecule has 0 saturated heterocycles. The quantitative estimate of drug-likeness (QED) is 0.628. The van der Waals surface area contributed by atoms with Gasteiger partial charge in [-0.15, -0.1) is 0 Å². The maximum absolute atomic E-state index is 9.12. The summed E-state index contributed by atoms with van der Waals surface area (Å²) in [6.45, 7) is 8.31. The highest BCUT2D eigenvalue weighted by atomic mass is 16.3. The third-order valence-corrected chi connectivity index (χ3v) is 1.96. The Bertz CT molecular complexity index is 132. The first kappa shape index (κ1) is 11.7. The van der Waals surface area contributed by atoms with Gasteiger partial charge in [0.25, 0.3) is 0 Å². The average molecular weight is 170 g/mol. The zero-order valence-electron chi connectivity index (χ0n) is 8.80. The van der Waals surface area contributed by atoms with E-state index in [0.717, 1.165) is 12.8 Å². The highest BCUT2D eigenvalue weighted by molar-refractivity contribution is 4.92. The van der Waals surface area contributed by atoms with Crippen LogP contribution in [0.2, 0.25) is 0 Å². The molecule has 1 N–H and O–H groups in total. The number of hydrogen-bond acceptors (Lipinski definition) is 1. The SMILES string of the molecule is CC(C)=CCC[C@@H](C)C[C@H](C)O. The van der Waals surface area contributed by atoms with E-state index in [1.807, 2.05) is 6.92 Å². The molecular formula is C11H22O. The molecule has 0 saturated carbocycles. The minimum Gasteiger partial charge on any atom is -0.393 e. The molecule has 1 heteroatoms. The lowest BCUT2D eigenvalue weighted by atomic mass is 9.98. The van der Waals surface area contributed by atoms with Crippen molar-refractivity contribution in [2.75, 3.05) is 0 Å². The summed E-state index contributed by atoms with van der Waals surface area (Å²) in [6.07, 6.45) is 5.38. The molecule has 0 unspecified atom stereocenters. The zero-order valence-corrected chi connectivity index (χ0v) is 8.80. The third kappa shape index (κ3) is 7.80. The summed E-state index contributed by atoms with van der Waals surface area (Å²) in [6, 6.07) is 0. The van der Waals surface area contributed by atoms with Crippen molar-refractivity contribution < 1.29 is 5.11 Å². The molecule has 72 valence electrons. The Morgan fingerprint density at radius 2 is 1.92 bits per heavy atom. The Hall–Kier alpha value is -0.300. The molecule has 0 amide bonds. The molecular weight excluding hydrogens is 148 g/mol.